The Balaban J connectivity index is 1.54. The Morgan fingerprint density at radius 2 is 1.45 bits per heavy atom. The number of aromatic hydroxyl groups is 1. The number of benzene rings is 3. The van der Waals surface area contributed by atoms with Crippen molar-refractivity contribution in [1.82, 2.24) is 0 Å². The van der Waals surface area contributed by atoms with Crippen LogP contribution in [0.5, 0.6) is 17.2 Å². The number of phenols is 1. The molecule has 0 bridgehead atoms. The molecule has 0 aromatic heterocycles. The zero-order valence-corrected chi connectivity index (χ0v) is 16.2. The molecule has 0 aliphatic heterocycles. The molecule has 5 N–H and O–H groups in total. The van der Waals surface area contributed by atoms with Crippen molar-refractivity contribution in [2.75, 3.05) is 5.32 Å². The normalized spacial score (nSPS) is 10.5. The highest BCUT2D eigenvalue weighted by molar-refractivity contribution is 5.93. The van der Waals surface area contributed by atoms with Gasteiger partial charge in [0.25, 0.3) is 0 Å². The molecule has 156 valence electrons. The minimum Gasteiger partial charge on any atom is -0.508 e. The van der Waals surface area contributed by atoms with Gasteiger partial charge in [-0.25, -0.2) is 9.59 Å². The number of carbonyl (C=O) groups is 2. The quantitative estimate of drug-likeness (QED) is 0.158. The van der Waals surface area contributed by atoms with E-state index in [1.165, 1.54) is 42.5 Å². The summed E-state index contributed by atoms with van der Waals surface area (Å²) < 4.78 is 10.5. The van der Waals surface area contributed by atoms with Gasteiger partial charge in [0.15, 0.2) is 5.96 Å². The average Bonchev–Trinajstić information content (AvgIpc) is 2.75. The third kappa shape index (κ3) is 6.47. The smallest absolute Gasteiger partial charge is 0.343 e. The molecule has 0 spiro atoms. The fraction of sp³-hybridized carbons (Fsp3) is 0. The van der Waals surface area contributed by atoms with Crippen molar-refractivity contribution >= 4 is 29.7 Å². The lowest BCUT2D eigenvalue weighted by molar-refractivity contribution is -0.128. The third-order valence-corrected chi connectivity index (χ3v) is 3.96. The van der Waals surface area contributed by atoms with Crippen molar-refractivity contribution in [3.8, 4) is 17.2 Å². The summed E-state index contributed by atoms with van der Waals surface area (Å²) in [6, 6.07) is 18.7. The van der Waals surface area contributed by atoms with E-state index in [4.69, 9.17) is 20.6 Å². The Morgan fingerprint density at radius 1 is 0.871 bits per heavy atom. The Hall–Kier alpha value is -4.59. The molecule has 31 heavy (non-hydrogen) atoms. The predicted molar refractivity (Wildman–Crippen MR) is 116 cm³/mol. The molecule has 8 nitrogen and oxygen atoms in total. The number of ether oxygens (including phenoxy) is 2. The second-order valence-corrected chi connectivity index (χ2v) is 6.32. The number of carbonyl (C=O) groups excluding carboxylic acids is 2. The molecule has 0 unspecified atom stereocenters. The fourth-order valence-corrected chi connectivity index (χ4v) is 2.49. The second kappa shape index (κ2) is 9.75. The SMILES string of the molecule is N=C(N)Nc1ccc(C(=O)Oc2ccc(OC(=O)/C=C/c3ccc(O)cc3)cc2)cc1. The number of phenolic OH excluding ortho intramolecular Hbond substituents is 1. The first kappa shape index (κ1) is 21.1. The predicted octanol–water partition coefficient (Wildman–Crippen LogP) is 3.54. The summed E-state index contributed by atoms with van der Waals surface area (Å²) in [6.07, 6.45) is 2.83. The summed E-state index contributed by atoms with van der Waals surface area (Å²) in [5.41, 5.74) is 6.89. The molecule has 0 aliphatic carbocycles. The maximum atomic E-state index is 12.2. The molecule has 0 aliphatic rings. The molecule has 0 amide bonds. The van der Waals surface area contributed by atoms with E-state index in [1.807, 2.05) is 0 Å². The zero-order chi connectivity index (χ0) is 22.2. The van der Waals surface area contributed by atoms with Crippen molar-refractivity contribution in [3.05, 3.63) is 90.0 Å². The summed E-state index contributed by atoms with van der Waals surface area (Å²) in [5, 5.41) is 19.0. The Labute approximate surface area is 178 Å². The number of nitrogens with two attached hydrogens (primary N) is 1. The number of nitrogens with one attached hydrogen (secondary N) is 2. The molecule has 3 aromatic carbocycles. The summed E-state index contributed by atoms with van der Waals surface area (Å²) in [7, 11) is 0. The molecule has 3 rings (SSSR count). The molecule has 8 heteroatoms. The van der Waals surface area contributed by atoms with Crippen LogP contribution < -0.4 is 20.5 Å². The topological polar surface area (TPSA) is 135 Å². The Bertz CT molecular complexity index is 1110. The number of hydrogen-bond acceptors (Lipinski definition) is 6. The van der Waals surface area contributed by atoms with Crippen LogP contribution in [0.25, 0.3) is 6.08 Å². The van der Waals surface area contributed by atoms with Crippen molar-refractivity contribution in [2.45, 2.75) is 0 Å². The van der Waals surface area contributed by atoms with E-state index in [0.29, 0.717) is 17.0 Å². The lowest BCUT2D eigenvalue weighted by Crippen LogP contribution is -2.20. The number of hydrogen-bond donors (Lipinski definition) is 4. The first-order valence-electron chi connectivity index (χ1n) is 9.11. The minimum absolute atomic E-state index is 0.141. The van der Waals surface area contributed by atoms with Crippen LogP contribution in [0.1, 0.15) is 15.9 Å². The van der Waals surface area contributed by atoms with Gasteiger partial charge in [-0.2, -0.15) is 0 Å². The Kier molecular flexibility index (Phi) is 6.64. The maximum Gasteiger partial charge on any atom is 0.343 e. The van der Waals surface area contributed by atoms with E-state index in [-0.39, 0.29) is 17.5 Å². The number of esters is 2. The van der Waals surface area contributed by atoms with Crippen LogP contribution in [-0.4, -0.2) is 23.0 Å². The van der Waals surface area contributed by atoms with Crippen LogP contribution in [0.4, 0.5) is 5.69 Å². The molecule has 0 atom stereocenters. The molecular weight excluding hydrogens is 398 g/mol. The third-order valence-electron chi connectivity index (χ3n) is 3.96. The van der Waals surface area contributed by atoms with Crippen LogP contribution in [0.15, 0.2) is 78.9 Å². The number of anilines is 1. The molecule has 0 saturated heterocycles. The first-order valence-corrected chi connectivity index (χ1v) is 9.11. The van der Waals surface area contributed by atoms with Gasteiger partial charge < -0.3 is 25.6 Å². The van der Waals surface area contributed by atoms with Crippen molar-refractivity contribution in [2.24, 2.45) is 5.73 Å². The van der Waals surface area contributed by atoms with Gasteiger partial charge in [0.1, 0.15) is 17.2 Å². The van der Waals surface area contributed by atoms with Crippen LogP contribution in [-0.2, 0) is 4.79 Å². The highest BCUT2D eigenvalue weighted by Gasteiger charge is 2.09. The highest BCUT2D eigenvalue weighted by Crippen LogP contribution is 2.20. The minimum atomic E-state index is -0.572. The number of guanidine groups is 1. The average molecular weight is 417 g/mol. The van der Waals surface area contributed by atoms with Crippen molar-refractivity contribution in [3.63, 3.8) is 0 Å². The first-order chi connectivity index (χ1) is 14.9. The summed E-state index contributed by atoms with van der Waals surface area (Å²) in [6.45, 7) is 0. The van der Waals surface area contributed by atoms with Gasteiger partial charge in [-0.1, -0.05) is 12.1 Å². The lowest BCUT2D eigenvalue weighted by atomic mass is 10.2. The van der Waals surface area contributed by atoms with Crippen molar-refractivity contribution in [1.29, 1.82) is 5.41 Å². The molecular formula is C23H19N3O5. The van der Waals surface area contributed by atoms with Crippen LogP contribution in [0.2, 0.25) is 0 Å². The van der Waals surface area contributed by atoms with Gasteiger partial charge in [0.05, 0.1) is 5.56 Å². The van der Waals surface area contributed by atoms with Gasteiger partial charge in [-0.15, -0.1) is 0 Å². The van der Waals surface area contributed by atoms with Crippen LogP contribution >= 0.6 is 0 Å². The monoisotopic (exact) mass is 417 g/mol. The molecule has 0 radical (unpaired) electrons. The summed E-state index contributed by atoms with van der Waals surface area (Å²) >= 11 is 0. The molecule has 0 fully saturated rings. The van der Waals surface area contributed by atoms with Gasteiger partial charge >= 0.3 is 11.9 Å². The van der Waals surface area contributed by atoms with Crippen LogP contribution in [0.3, 0.4) is 0 Å². The van der Waals surface area contributed by atoms with Crippen molar-refractivity contribution < 1.29 is 24.2 Å². The van der Waals surface area contributed by atoms with Gasteiger partial charge in [-0.05, 0) is 72.3 Å². The van der Waals surface area contributed by atoms with Gasteiger partial charge in [-0.3, -0.25) is 5.41 Å². The maximum absolute atomic E-state index is 12.2. The molecule has 3 aromatic rings. The van der Waals surface area contributed by atoms with E-state index in [9.17, 15) is 14.7 Å². The van der Waals surface area contributed by atoms with E-state index in [0.717, 1.165) is 5.56 Å². The summed E-state index contributed by atoms with van der Waals surface area (Å²) in [5.74, 6) is -0.613. The highest BCUT2D eigenvalue weighted by atomic mass is 16.5. The molecule has 0 saturated carbocycles. The molecule has 0 heterocycles. The second-order valence-electron chi connectivity index (χ2n) is 6.32. The Morgan fingerprint density at radius 3 is 2.03 bits per heavy atom. The van der Waals surface area contributed by atoms with Gasteiger partial charge in [0, 0.05) is 11.8 Å². The lowest BCUT2D eigenvalue weighted by Gasteiger charge is -2.07. The van der Waals surface area contributed by atoms with E-state index in [2.05, 4.69) is 5.32 Å². The van der Waals surface area contributed by atoms with Gasteiger partial charge in [0.2, 0.25) is 0 Å². The van der Waals surface area contributed by atoms with Crippen LogP contribution in [0, 0.1) is 5.41 Å². The van der Waals surface area contributed by atoms with E-state index in [1.54, 1.807) is 42.5 Å². The fourth-order valence-electron chi connectivity index (χ4n) is 2.49. The largest absolute Gasteiger partial charge is 0.508 e. The standard InChI is InChI=1S/C23H19N3O5/c24-23(25)26-17-6-4-16(5-7-17)22(29)31-20-12-10-19(11-13-20)30-21(28)14-3-15-1-8-18(27)9-2-15/h1-14,27H,(H4,24,25,26)/b14-3+. The zero-order valence-electron chi connectivity index (χ0n) is 16.2. The van der Waals surface area contributed by atoms with E-state index < -0.39 is 11.9 Å². The number of rotatable bonds is 6. The van der Waals surface area contributed by atoms with E-state index >= 15 is 0 Å². The summed E-state index contributed by atoms with van der Waals surface area (Å²) in [4.78, 5) is 24.2.